The second kappa shape index (κ2) is 8.39. The van der Waals surface area contributed by atoms with Crippen molar-refractivity contribution in [2.75, 3.05) is 0 Å². The Balaban J connectivity index is 2.15. The molecule has 1 heterocycles. The van der Waals surface area contributed by atoms with Crippen molar-refractivity contribution in [1.29, 1.82) is 0 Å². The van der Waals surface area contributed by atoms with E-state index < -0.39 is 17.6 Å². The number of nitrogens with two attached hydrogens (primary N) is 1. The minimum absolute atomic E-state index is 0.112. The van der Waals surface area contributed by atoms with Crippen LogP contribution in [0.4, 0.5) is 4.79 Å². The molecule has 3 aromatic rings. The van der Waals surface area contributed by atoms with E-state index in [1.165, 1.54) is 0 Å². The maximum Gasteiger partial charge on any atom is 0.343 e. The summed E-state index contributed by atoms with van der Waals surface area (Å²) in [6.45, 7) is 1.88. The van der Waals surface area contributed by atoms with Crippen molar-refractivity contribution in [3.05, 3.63) is 76.1 Å². The summed E-state index contributed by atoms with van der Waals surface area (Å²) in [5.41, 5.74) is 8.64. The van der Waals surface area contributed by atoms with E-state index in [0.29, 0.717) is 29.5 Å². The first-order chi connectivity index (χ1) is 13.5. The quantitative estimate of drug-likeness (QED) is 0.345. The van der Waals surface area contributed by atoms with Gasteiger partial charge in [-0.3, -0.25) is 0 Å². The molecule has 2 aromatic carbocycles. The van der Waals surface area contributed by atoms with E-state index in [9.17, 15) is 14.7 Å². The first-order valence-electron chi connectivity index (χ1n) is 8.91. The maximum absolute atomic E-state index is 12.7. The number of aromatic hydroxyl groups is 1. The first kappa shape index (κ1) is 19.2. The number of primary amides is 1. The van der Waals surface area contributed by atoms with E-state index in [0.717, 1.165) is 5.56 Å². The van der Waals surface area contributed by atoms with Gasteiger partial charge in [0.05, 0.1) is 10.9 Å². The van der Waals surface area contributed by atoms with Crippen LogP contribution in [0.5, 0.6) is 5.75 Å². The number of amides is 2. The minimum Gasteiger partial charge on any atom is -0.507 e. The summed E-state index contributed by atoms with van der Waals surface area (Å²) < 4.78 is 5.44. The molecule has 0 aliphatic heterocycles. The van der Waals surface area contributed by atoms with Crippen molar-refractivity contribution < 1.29 is 14.3 Å². The largest absolute Gasteiger partial charge is 0.507 e. The standard InChI is InChI=1S/C21H21N3O4/c1-2-14(23-24-21(22)27)12-16(13-8-4-3-5-9-13)18-19(25)15-10-6-7-11-17(15)28-20(18)26/h3-11,16,25H,2,12H2,1H3,(H3,22,24,27)/b23-14-/t16-/m1/s1. The number of hydrogen-bond acceptors (Lipinski definition) is 5. The summed E-state index contributed by atoms with van der Waals surface area (Å²) in [4.78, 5) is 23.7. The molecule has 0 unspecified atom stereocenters. The molecule has 0 aliphatic carbocycles. The second-order valence-corrected chi connectivity index (χ2v) is 6.32. The van der Waals surface area contributed by atoms with E-state index in [2.05, 4.69) is 10.5 Å². The number of para-hydroxylation sites is 1. The molecular weight excluding hydrogens is 358 g/mol. The Bertz CT molecular complexity index is 1070. The molecule has 1 atom stereocenters. The zero-order valence-corrected chi connectivity index (χ0v) is 15.4. The van der Waals surface area contributed by atoms with Crippen molar-refractivity contribution in [2.24, 2.45) is 10.8 Å². The topological polar surface area (TPSA) is 118 Å². The lowest BCUT2D eigenvalue weighted by Crippen LogP contribution is -2.26. The third-order valence-corrected chi connectivity index (χ3v) is 4.54. The Morgan fingerprint density at radius 2 is 1.86 bits per heavy atom. The number of carbonyl (C=O) groups excluding carboxylic acids is 1. The van der Waals surface area contributed by atoms with E-state index >= 15 is 0 Å². The Morgan fingerprint density at radius 3 is 2.54 bits per heavy atom. The van der Waals surface area contributed by atoms with E-state index in [-0.39, 0.29) is 11.3 Å². The highest BCUT2D eigenvalue weighted by molar-refractivity contribution is 5.88. The zero-order chi connectivity index (χ0) is 20.1. The number of nitrogens with zero attached hydrogens (tertiary/aromatic N) is 1. The summed E-state index contributed by atoms with van der Waals surface area (Å²) in [5.74, 6) is -0.616. The molecule has 3 rings (SSSR count). The van der Waals surface area contributed by atoms with Gasteiger partial charge in [0.15, 0.2) is 0 Å². The Morgan fingerprint density at radius 1 is 1.18 bits per heavy atom. The molecule has 2 amide bonds. The van der Waals surface area contributed by atoms with Crippen LogP contribution in [-0.2, 0) is 0 Å². The van der Waals surface area contributed by atoms with Gasteiger partial charge < -0.3 is 15.3 Å². The van der Waals surface area contributed by atoms with E-state index in [1.54, 1.807) is 24.3 Å². The molecule has 0 bridgehead atoms. The van der Waals surface area contributed by atoms with Crippen LogP contribution in [0.1, 0.15) is 36.8 Å². The lowest BCUT2D eigenvalue weighted by molar-refractivity contribution is 0.249. The predicted molar refractivity (Wildman–Crippen MR) is 107 cm³/mol. The fourth-order valence-corrected chi connectivity index (χ4v) is 3.17. The molecule has 0 fully saturated rings. The van der Waals surface area contributed by atoms with Crippen molar-refractivity contribution >= 4 is 22.7 Å². The van der Waals surface area contributed by atoms with Crippen LogP contribution in [0.15, 0.2) is 68.9 Å². The number of nitrogens with one attached hydrogen (secondary N) is 1. The van der Waals surface area contributed by atoms with Gasteiger partial charge in [0, 0.05) is 11.6 Å². The lowest BCUT2D eigenvalue weighted by Gasteiger charge is -2.19. The van der Waals surface area contributed by atoms with Gasteiger partial charge in [-0.15, -0.1) is 0 Å². The normalized spacial score (nSPS) is 12.7. The Hall–Kier alpha value is -3.61. The minimum atomic E-state index is -0.768. The average molecular weight is 379 g/mol. The molecule has 0 saturated carbocycles. The van der Waals surface area contributed by atoms with Gasteiger partial charge in [0.2, 0.25) is 0 Å². The third-order valence-electron chi connectivity index (χ3n) is 4.54. The van der Waals surface area contributed by atoms with Crippen LogP contribution in [0.25, 0.3) is 11.0 Å². The zero-order valence-electron chi connectivity index (χ0n) is 15.4. The number of hydrazone groups is 1. The molecule has 0 aliphatic rings. The van der Waals surface area contributed by atoms with Gasteiger partial charge in [-0.25, -0.2) is 15.0 Å². The molecule has 7 nitrogen and oxygen atoms in total. The second-order valence-electron chi connectivity index (χ2n) is 6.32. The molecule has 0 spiro atoms. The van der Waals surface area contributed by atoms with Crippen molar-refractivity contribution in [2.45, 2.75) is 25.7 Å². The van der Waals surface area contributed by atoms with Crippen LogP contribution >= 0.6 is 0 Å². The summed E-state index contributed by atoms with van der Waals surface area (Å²) in [6, 6.07) is 15.4. The van der Waals surface area contributed by atoms with Crippen LogP contribution in [0, 0.1) is 0 Å². The smallest absolute Gasteiger partial charge is 0.343 e. The summed E-state index contributed by atoms with van der Waals surface area (Å²) in [7, 11) is 0. The highest BCUT2D eigenvalue weighted by Crippen LogP contribution is 2.36. The fraction of sp³-hybridized carbons (Fsp3) is 0.190. The monoisotopic (exact) mass is 379 g/mol. The third kappa shape index (κ3) is 4.03. The highest BCUT2D eigenvalue weighted by Gasteiger charge is 2.26. The molecule has 28 heavy (non-hydrogen) atoms. The van der Waals surface area contributed by atoms with Crippen molar-refractivity contribution in [1.82, 2.24) is 5.43 Å². The molecule has 4 N–H and O–H groups in total. The lowest BCUT2D eigenvalue weighted by atomic mass is 9.86. The maximum atomic E-state index is 12.7. The predicted octanol–water partition coefficient (Wildman–Crippen LogP) is 3.45. The van der Waals surface area contributed by atoms with E-state index in [1.807, 2.05) is 37.3 Å². The number of hydrogen-bond donors (Lipinski definition) is 3. The SMILES string of the molecule is CC/C(C[C@H](c1ccccc1)c1c(O)c2ccccc2oc1=O)=N/NC(N)=O. The summed E-state index contributed by atoms with van der Waals surface area (Å²) in [6.07, 6.45) is 0.834. The molecule has 7 heteroatoms. The Kier molecular flexibility index (Phi) is 5.74. The van der Waals surface area contributed by atoms with Crippen LogP contribution in [0.3, 0.4) is 0 Å². The molecule has 0 radical (unpaired) electrons. The molecular formula is C21H21N3O4. The summed E-state index contributed by atoms with van der Waals surface area (Å²) >= 11 is 0. The Labute approximate surface area is 161 Å². The van der Waals surface area contributed by atoms with Gasteiger partial charge in [-0.1, -0.05) is 49.4 Å². The molecule has 1 aromatic heterocycles. The van der Waals surface area contributed by atoms with Crippen LogP contribution in [0.2, 0.25) is 0 Å². The number of carbonyl (C=O) groups is 1. The molecule has 144 valence electrons. The number of benzene rings is 2. The molecule has 0 saturated heterocycles. The highest BCUT2D eigenvalue weighted by atomic mass is 16.4. The van der Waals surface area contributed by atoms with Crippen molar-refractivity contribution in [3.8, 4) is 5.75 Å². The van der Waals surface area contributed by atoms with Gasteiger partial charge in [-0.2, -0.15) is 5.10 Å². The van der Waals surface area contributed by atoms with Crippen LogP contribution < -0.4 is 16.8 Å². The number of urea groups is 1. The van der Waals surface area contributed by atoms with Crippen molar-refractivity contribution in [3.63, 3.8) is 0 Å². The van der Waals surface area contributed by atoms with Gasteiger partial charge in [-0.05, 0) is 30.5 Å². The summed E-state index contributed by atoms with van der Waals surface area (Å²) in [5, 5.41) is 15.4. The average Bonchev–Trinajstić information content (AvgIpc) is 2.70. The first-order valence-corrected chi connectivity index (χ1v) is 8.91. The number of fused-ring (bicyclic) bond motifs is 1. The van der Waals surface area contributed by atoms with Gasteiger partial charge in [0.25, 0.3) is 0 Å². The fourth-order valence-electron chi connectivity index (χ4n) is 3.17. The van der Waals surface area contributed by atoms with Crippen LogP contribution in [-0.4, -0.2) is 16.8 Å². The van der Waals surface area contributed by atoms with Gasteiger partial charge >= 0.3 is 11.7 Å². The number of rotatable bonds is 6. The van der Waals surface area contributed by atoms with E-state index in [4.69, 9.17) is 10.2 Å². The van der Waals surface area contributed by atoms with Gasteiger partial charge in [0.1, 0.15) is 11.3 Å².